The van der Waals surface area contributed by atoms with E-state index in [0.717, 1.165) is 17.3 Å². The van der Waals surface area contributed by atoms with Crippen molar-refractivity contribution in [3.63, 3.8) is 0 Å². The van der Waals surface area contributed by atoms with Crippen LogP contribution in [0, 0.1) is 0 Å². The molecule has 0 saturated carbocycles. The molecular formula is C16H15FO2S. The molecule has 0 aliphatic heterocycles. The van der Waals surface area contributed by atoms with Crippen LogP contribution in [0.25, 0.3) is 0 Å². The van der Waals surface area contributed by atoms with E-state index >= 15 is 0 Å². The number of hydrogen-bond acceptors (Lipinski definition) is 3. The summed E-state index contributed by atoms with van der Waals surface area (Å²) >= 11 is 0.848. The minimum atomic E-state index is -1.72. The Hall–Kier alpha value is -1.81. The van der Waals surface area contributed by atoms with Crippen LogP contribution in [0.3, 0.4) is 0 Å². The molecule has 0 saturated heterocycles. The fourth-order valence-corrected chi connectivity index (χ4v) is 2.39. The summed E-state index contributed by atoms with van der Waals surface area (Å²) in [4.78, 5) is 12.4. The lowest BCUT2D eigenvalue weighted by Gasteiger charge is -2.15. The molecule has 0 N–H and O–H groups in total. The third kappa shape index (κ3) is 4.10. The summed E-state index contributed by atoms with van der Waals surface area (Å²) in [7, 11) is 0. The minimum Gasteiger partial charge on any atom is -0.455 e. The van der Waals surface area contributed by atoms with E-state index < -0.39 is 17.6 Å². The molecule has 2 rings (SSSR count). The zero-order valence-electron chi connectivity index (χ0n) is 11.0. The van der Waals surface area contributed by atoms with Gasteiger partial charge < -0.3 is 4.74 Å². The summed E-state index contributed by atoms with van der Waals surface area (Å²) in [5, 5.41) is 0. The molecule has 2 atom stereocenters. The Balaban J connectivity index is 1.91. The van der Waals surface area contributed by atoms with Gasteiger partial charge in [-0.05, 0) is 24.6 Å². The normalized spacial score (nSPS) is 13.5. The lowest BCUT2D eigenvalue weighted by atomic mass is 10.1. The van der Waals surface area contributed by atoms with E-state index in [1.54, 1.807) is 31.2 Å². The molecule has 2 nitrogen and oxygen atoms in total. The van der Waals surface area contributed by atoms with Crippen LogP contribution in [0.15, 0.2) is 65.6 Å². The van der Waals surface area contributed by atoms with Gasteiger partial charge in [0, 0.05) is 4.90 Å². The first-order valence-electron chi connectivity index (χ1n) is 6.28. The van der Waals surface area contributed by atoms with Crippen molar-refractivity contribution in [3.05, 3.63) is 66.2 Å². The van der Waals surface area contributed by atoms with Crippen molar-refractivity contribution in [1.82, 2.24) is 0 Å². The summed E-state index contributed by atoms with van der Waals surface area (Å²) < 4.78 is 19.0. The fraction of sp³-hybridized carbons (Fsp3) is 0.188. The zero-order valence-corrected chi connectivity index (χ0v) is 11.8. The SMILES string of the molecule is C[C@H](OC(=O)C(F)Sc1ccccc1)c1ccccc1. The molecule has 0 aromatic heterocycles. The summed E-state index contributed by atoms with van der Waals surface area (Å²) in [6, 6.07) is 18.2. The van der Waals surface area contributed by atoms with Crippen LogP contribution >= 0.6 is 11.8 Å². The first-order chi connectivity index (χ1) is 9.66. The van der Waals surface area contributed by atoms with E-state index in [-0.39, 0.29) is 0 Å². The predicted molar refractivity (Wildman–Crippen MR) is 78.1 cm³/mol. The highest BCUT2D eigenvalue weighted by molar-refractivity contribution is 8.00. The van der Waals surface area contributed by atoms with Crippen molar-refractivity contribution in [2.75, 3.05) is 0 Å². The Labute approximate surface area is 122 Å². The van der Waals surface area contributed by atoms with E-state index in [1.807, 2.05) is 36.4 Å². The monoisotopic (exact) mass is 290 g/mol. The number of alkyl halides is 1. The second kappa shape index (κ2) is 7.10. The second-order valence-corrected chi connectivity index (χ2v) is 5.36. The van der Waals surface area contributed by atoms with Gasteiger partial charge in [-0.1, -0.05) is 60.3 Å². The maximum absolute atomic E-state index is 13.8. The van der Waals surface area contributed by atoms with E-state index in [1.165, 1.54) is 0 Å². The number of carbonyl (C=O) groups excluding carboxylic acids is 1. The highest BCUT2D eigenvalue weighted by Crippen LogP contribution is 2.26. The third-order valence-corrected chi connectivity index (χ3v) is 3.67. The maximum atomic E-state index is 13.8. The van der Waals surface area contributed by atoms with Crippen molar-refractivity contribution in [1.29, 1.82) is 0 Å². The Bertz CT molecular complexity index is 545. The quantitative estimate of drug-likeness (QED) is 0.604. The fourth-order valence-electron chi connectivity index (χ4n) is 1.69. The Kier molecular flexibility index (Phi) is 5.18. The number of halogens is 1. The van der Waals surface area contributed by atoms with Gasteiger partial charge in [0.05, 0.1) is 0 Å². The van der Waals surface area contributed by atoms with Gasteiger partial charge in [0.25, 0.3) is 0 Å². The van der Waals surface area contributed by atoms with Crippen LogP contribution in [0.2, 0.25) is 0 Å². The number of thioether (sulfide) groups is 1. The molecule has 0 amide bonds. The summed E-state index contributed by atoms with van der Waals surface area (Å²) in [5.41, 5.74) is -0.874. The molecular weight excluding hydrogens is 275 g/mol. The van der Waals surface area contributed by atoms with Crippen LogP contribution < -0.4 is 0 Å². The molecule has 1 unspecified atom stereocenters. The smallest absolute Gasteiger partial charge is 0.352 e. The van der Waals surface area contributed by atoms with Crippen LogP contribution in [0.1, 0.15) is 18.6 Å². The van der Waals surface area contributed by atoms with Gasteiger partial charge in [-0.25, -0.2) is 9.18 Å². The van der Waals surface area contributed by atoms with Crippen molar-refractivity contribution >= 4 is 17.7 Å². The van der Waals surface area contributed by atoms with E-state index in [9.17, 15) is 9.18 Å². The van der Waals surface area contributed by atoms with Crippen LogP contribution in [0.5, 0.6) is 0 Å². The van der Waals surface area contributed by atoms with E-state index in [0.29, 0.717) is 4.90 Å². The molecule has 0 bridgehead atoms. The van der Waals surface area contributed by atoms with Crippen molar-refractivity contribution in [2.24, 2.45) is 0 Å². The molecule has 0 spiro atoms. The van der Waals surface area contributed by atoms with Gasteiger partial charge in [0.1, 0.15) is 6.10 Å². The number of esters is 1. The van der Waals surface area contributed by atoms with E-state index in [4.69, 9.17) is 4.74 Å². The number of ether oxygens (including phenoxy) is 1. The van der Waals surface area contributed by atoms with Gasteiger partial charge in [-0.2, -0.15) is 0 Å². The Morgan fingerprint density at radius 3 is 2.20 bits per heavy atom. The predicted octanol–water partition coefficient (Wildman–Crippen LogP) is 4.38. The number of hydrogen-bond donors (Lipinski definition) is 0. The van der Waals surface area contributed by atoms with Gasteiger partial charge in [-0.3, -0.25) is 0 Å². The highest BCUT2D eigenvalue weighted by atomic mass is 32.2. The van der Waals surface area contributed by atoms with Crippen LogP contribution in [-0.2, 0) is 9.53 Å². The van der Waals surface area contributed by atoms with Crippen LogP contribution in [-0.4, -0.2) is 11.5 Å². The van der Waals surface area contributed by atoms with Crippen LogP contribution in [0.4, 0.5) is 4.39 Å². The van der Waals surface area contributed by atoms with Gasteiger partial charge in [-0.15, -0.1) is 0 Å². The van der Waals surface area contributed by atoms with Gasteiger partial charge in [0.15, 0.2) is 0 Å². The molecule has 0 aliphatic carbocycles. The molecule has 20 heavy (non-hydrogen) atoms. The first-order valence-corrected chi connectivity index (χ1v) is 7.16. The largest absolute Gasteiger partial charge is 0.455 e. The average molecular weight is 290 g/mol. The topological polar surface area (TPSA) is 26.3 Å². The number of rotatable bonds is 5. The molecule has 0 heterocycles. The van der Waals surface area contributed by atoms with Gasteiger partial charge >= 0.3 is 5.97 Å². The summed E-state index contributed by atoms with van der Waals surface area (Å²) in [5.74, 6) is -0.852. The Morgan fingerprint density at radius 2 is 1.60 bits per heavy atom. The minimum absolute atomic E-state index is 0.460. The molecule has 4 heteroatoms. The number of benzene rings is 2. The highest BCUT2D eigenvalue weighted by Gasteiger charge is 2.23. The summed E-state index contributed by atoms with van der Waals surface area (Å²) in [6.45, 7) is 1.73. The average Bonchev–Trinajstić information content (AvgIpc) is 2.49. The first kappa shape index (κ1) is 14.6. The standard InChI is InChI=1S/C16H15FO2S/c1-12(13-8-4-2-5-9-13)19-16(18)15(17)20-14-10-6-3-7-11-14/h2-12,15H,1H3/t12-,15?/m0/s1. The molecule has 0 fully saturated rings. The second-order valence-electron chi connectivity index (χ2n) is 4.24. The van der Waals surface area contributed by atoms with Gasteiger partial charge in [0.2, 0.25) is 5.50 Å². The lowest BCUT2D eigenvalue weighted by molar-refractivity contribution is -0.151. The molecule has 104 valence electrons. The molecule has 0 radical (unpaired) electrons. The Morgan fingerprint density at radius 1 is 1.05 bits per heavy atom. The molecule has 2 aromatic rings. The third-order valence-electron chi connectivity index (χ3n) is 2.73. The number of carbonyl (C=O) groups is 1. The lowest BCUT2D eigenvalue weighted by Crippen LogP contribution is -2.17. The maximum Gasteiger partial charge on any atom is 0.352 e. The van der Waals surface area contributed by atoms with E-state index in [2.05, 4.69) is 0 Å². The van der Waals surface area contributed by atoms with Crippen molar-refractivity contribution < 1.29 is 13.9 Å². The zero-order chi connectivity index (χ0) is 14.4. The van der Waals surface area contributed by atoms with Crippen molar-refractivity contribution in [2.45, 2.75) is 23.4 Å². The molecule has 2 aromatic carbocycles. The van der Waals surface area contributed by atoms with Crippen molar-refractivity contribution in [3.8, 4) is 0 Å². The summed E-state index contributed by atoms with van der Waals surface area (Å²) in [6.07, 6.45) is -0.460. The molecule has 0 aliphatic rings.